The third kappa shape index (κ3) is 3.59. The molecule has 3 aromatic rings. The van der Waals surface area contributed by atoms with E-state index < -0.39 is 15.1 Å². The van der Waals surface area contributed by atoms with Crippen molar-refractivity contribution in [2.45, 2.75) is 11.7 Å². The third-order valence-corrected chi connectivity index (χ3v) is 8.90. The molecule has 0 spiro atoms. The van der Waals surface area contributed by atoms with Crippen molar-refractivity contribution in [3.8, 4) is 10.6 Å². The molecule has 27 heavy (non-hydrogen) atoms. The third-order valence-electron chi connectivity index (χ3n) is 4.76. The smallest absolute Gasteiger partial charge is 0.272 e. The minimum atomic E-state index is -3.28. The average Bonchev–Trinajstić information content (AvgIpc) is 3.37. The molecule has 1 amide bonds. The van der Waals surface area contributed by atoms with Gasteiger partial charge in [-0.1, -0.05) is 12.1 Å². The summed E-state index contributed by atoms with van der Waals surface area (Å²) >= 11 is 3.02. The van der Waals surface area contributed by atoms with Crippen LogP contribution in [0.15, 0.2) is 41.1 Å². The Morgan fingerprint density at radius 3 is 2.67 bits per heavy atom. The number of rotatable bonds is 3. The number of aryl methyl sites for hydroxylation is 1. The zero-order valence-corrected chi connectivity index (χ0v) is 17.2. The lowest BCUT2D eigenvalue weighted by Gasteiger charge is -2.19. The first-order chi connectivity index (χ1) is 13.0. The lowest BCUT2D eigenvalue weighted by Crippen LogP contribution is -2.34. The number of nitrogens with zero attached hydrogens (tertiary/aromatic N) is 3. The quantitative estimate of drug-likeness (QED) is 0.651. The van der Waals surface area contributed by atoms with Crippen molar-refractivity contribution in [3.05, 3.63) is 51.7 Å². The predicted molar refractivity (Wildman–Crippen MR) is 108 cm³/mol. The van der Waals surface area contributed by atoms with E-state index in [1.54, 1.807) is 34.0 Å². The van der Waals surface area contributed by atoms with Crippen LogP contribution >= 0.6 is 22.7 Å². The van der Waals surface area contributed by atoms with E-state index in [2.05, 4.69) is 5.10 Å². The van der Waals surface area contributed by atoms with Gasteiger partial charge >= 0.3 is 0 Å². The van der Waals surface area contributed by atoms with Crippen LogP contribution in [0.2, 0.25) is 0 Å². The number of carbonyl (C=O) groups is 1. The van der Waals surface area contributed by atoms with Gasteiger partial charge in [-0.15, -0.1) is 22.7 Å². The second kappa shape index (κ2) is 7.21. The van der Waals surface area contributed by atoms with Crippen molar-refractivity contribution in [1.82, 2.24) is 14.7 Å². The predicted octanol–water partition coefficient (Wildman–Crippen LogP) is 3.21. The first-order valence-electron chi connectivity index (χ1n) is 8.58. The maximum Gasteiger partial charge on any atom is 0.272 e. The van der Waals surface area contributed by atoms with Gasteiger partial charge in [0.05, 0.1) is 15.9 Å². The van der Waals surface area contributed by atoms with E-state index in [0.717, 1.165) is 15.4 Å². The summed E-state index contributed by atoms with van der Waals surface area (Å²) in [5.74, 6) is -0.188. The van der Waals surface area contributed by atoms with Crippen LogP contribution in [-0.4, -0.2) is 47.8 Å². The number of thiophene rings is 2. The largest absolute Gasteiger partial charge is 0.336 e. The molecule has 0 N–H and O–H groups in total. The van der Waals surface area contributed by atoms with Gasteiger partial charge in [0, 0.05) is 25.0 Å². The second-order valence-corrected chi connectivity index (χ2v) is 10.7. The number of hydrogen-bond donors (Lipinski definition) is 0. The van der Waals surface area contributed by atoms with E-state index in [-0.39, 0.29) is 18.2 Å². The summed E-state index contributed by atoms with van der Waals surface area (Å²) in [5.41, 5.74) is 1.24. The molecule has 0 saturated carbocycles. The molecule has 1 aliphatic rings. The molecule has 1 aliphatic heterocycles. The molecule has 3 aromatic heterocycles. The Bertz CT molecular complexity index is 1040. The molecule has 1 unspecified atom stereocenters. The first-order valence-corrected chi connectivity index (χ1v) is 12.1. The molecule has 1 saturated heterocycles. The number of hydrogen-bond acceptors (Lipinski definition) is 6. The van der Waals surface area contributed by atoms with Gasteiger partial charge in [-0.25, -0.2) is 8.42 Å². The minimum Gasteiger partial charge on any atom is -0.336 e. The number of amides is 1. The monoisotopic (exact) mass is 421 g/mol. The normalized spacial score (nSPS) is 19.7. The summed E-state index contributed by atoms with van der Waals surface area (Å²) in [6.07, 6.45) is 0.421. The first kappa shape index (κ1) is 18.4. The molecule has 1 fully saturated rings. The molecule has 1 atom stereocenters. The molecular weight excluding hydrogens is 402 g/mol. The maximum absolute atomic E-state index is 13.0. The van der Waals surface area contributed by atoms with Crippen molar-refractivity contribution in [3.63, 3.8) is 0 Å². The van der Waals surface area contributed by atoms with Crippen molar-refractivity contribution < 1.29 is 13.2 Å². The van der Waals surface area contributed by atoms with Crippen LogP contribution in [0.5, 0.6) is 0 Å². The van der Waals surface area contributed by atoms with Crippen molar-refractivity contribution in [2.24, 2.45) is 7.05 Å². The van der Waals surface area contributed by atoms with Gasteiger partial charge in [0.15, 0.2) is 9.84 Å². The highest BCUT2D eigenvalue weighted by Gasteiger charge is 2.34. The average molecular weight is 422 g/mol. The fraction of sp³-hybridized carbons (Fsp3) is 0.333. The molecular formula is C18H19N3O3S3. The van der Waals surface area contributed by atoms with Crippen LogP contribution < -0.4 is 0 Å². The van der Waals surface area contributed by atoms with Crippen LogP contribution in [0.4, 0.5) is 0 Å². The Hall–Kier alpha value is -1.97. The Kier molecular flexibility index (Phi) is 4.92. The molecule has 0 aromatic carbocycles. The van der Waals surface area contributed by atoms with Crippen LogP contribution in [0, 0.1) is 0 Å². The van der Waals surface area contributed by atoms with Crippen molar-refractivity contribution in [1.29, 1.82) is 0 Å². The number of aromatic nitrogens is 2. The summed E-state index contributed by atoms with van der Waals surface area (Å²) < 4.78 is 26.9. The van der Waals surface area contributed by atoms with Crippen LogP contribution in [0.3, 0.4) is 0 Å². The fourth-order valence-electron chi connectivity index (χ4n) is 3.32. The number of carbonyl (C=O) groups excluding carboxylic acids is 1. The van der Waals surface area contributed by atoms with E-state index in [0.29, 0.717) is 18.7 Å². The summed E-state index contributed by atoms with van der Waals surface area (Å²) in [5, 5.41) is 7.77. The van der Waals surface area contributed by atoms with Crippen LogP contribution in [0.25, 0.3) is 10.6 Å². The highest BCUT2D eigenvalue weighted by atomic mass is 32.2. The van der Waals surface area contributed by atoms with Gasteiger partial charge in [-0.05, 0) is 35.4 Å². The maximum atomic E-state index is 13.0. The van der Waals surface area contributed by atoms with Crippen molar-refractivity contribution in [2.75, 3.05) is 18.8 Å². The minimum absolute atomic E-state index is 0.0169. The summed E-state index contributed by atoms with van der Waals surface area (Å²) in [4.78, 5) is 16.5. The standard InChI is InChI=1S/C18H19N3O3S3/c1-20-14(12-13(19-20)15-4-2-9-25-15)18(22)21-7-6-17(16-5-3-10-26-16)27(23,24)11-8-21/h2-5,9-10,12,17H,6-8,11H2,1H3. The fourth-order valence-corrected chi connectivity index (χ4v) is 7.00. The van der Waals surface area contributed by atoms with Gasteiger partial charge in [0.2, 0.25) is 0 Å². The highest BCUT2D eigenvalue weighted by molar-refractivity contribution is 7.91. The van der Waals surface area contributed by atoms with E-state index in [9.17, 15) is 13.2 Å². The highest BCUT2D eigenvalue weighted by Crippen LogP contribution is 2.33. The lowest BCUT2D eigenvalue weighted by molar-refractivity contribution is 0.0755. The number of sulfone groups is 1. The van der Waals surface area contributed by atoms with E-state index in [4.69, 9.17) is 0 Å². The molecule has 0 bridgehead atoms. The van der Waals surface area contributed by atoms with E-state index >= 15 is 0 Å². The molecule has 0 aliphatic carbocycles. The second-order valence-electron chi connectivity index (χ2n) is 6.47. The zero-order chi connectivity index (χ0) is 19.0. The molecule has 4 rings (SSSR count). The van der Waals surface area contributed by atoms with Crippen LogP contribution in [-0.2, 0) is 16.9 Å². The lowest BCUT2D eigenvalue weighted by atomic mass is 10.2. The molecule has 6 nitrogen and oxygen atoms in total. The molecule has 9 heteroatoms. The molecule has 4 heterocycles. The molecule has 142 valence electrons. The SMILES string of the molecule is Cn1nc(-c2cccs2)cc1C(=O)N1CCC(c2cccs2)S(=O)(=O)CC1. The van der Waals surface area contributed by atoms with Crippen LogP contribution in [0.1, 0.15) is 27.0 Å². The topological polar surface area (TPSA) is 72.3 Å². The zero-order valence-electron chi connectivity index (χ0n) is 14.7. The van der Waals surface area contributed by atoms with Crippen molar-refractivity contribution >= 4 is 38.4 Å². The van der Waals surface area contributed by atoms with Gasteiger partial charge in [0.1, 0.15) is 11.4 Å². The Morgan fingerprint density at radius 2 is 1.96 bits per heavy atom. The van der Waals surface area contributed by atoms with E-state index in [1.807, 2.05) is 35.0 Å². The Morgan fingerprint density at radius 1 is 1.19 bits per heavy atom. The summed E-state index contributed by atoms with van der Waals surface area (Å²) in [6.45, 7) is 0.628. The van der Waals surface area contributed by atoms with Gasteiger partial charge < -0.3 is 4.90 Å². The van der Waals surface area contributed by atoms with E-state index in [1.165, 1.54) is 11.3 Å². The molecule has 0 radical (unpaired) electrons. The van der Waals surface area contributed by atoms with Gasteiger partial charge in [-0.2, -0.15) is 5.10 Å². The van der Waals surface area contributed by atoms with Gasteiger partial charge in [0.25, 0.3) is 5.91 Å². The van der Waals surface area contributed by atoms with Gasteiger partial charge in [-0.3, -0.25) is 9.48 Å². The Labute approximate surface area is 166 Å². The summed E-state index contributed by atoms with van der Waals surface area (Å²) in [7, 11) is -1.53. The summed E-state index contributed by atoms with van der Waals surface area (Å²) in [6, 6.07) is 9.42. The Balaban J connectivity index is 1.57.